The van der Waals surface area contributed by atoms with Crippen LogP contribution in [0.15, 0.2) is 42.0 Å². The van der Waals surface area contributed by atoms with E-state index in [0.717, 1.165) is 23.1 Å². The Kier molecular flexibility index (Phi) is 5.53. The Morgan fingerprint density at radius 2 is 1.86 bits per heavy atom. The van der Waals surface area contributed by atoms with Crippen LogP contribution in [0, 0.1) is 25.2 Å². The number of nitrogens with zero attached hydrogens (tertiary/aromatic N) is 2. The molecule has 29 heavy (non-hydrogen) atoms. The third-order valence-corrected chi connectivity index (χ3v) is 5.81. The molecule has 0 bridgehead atoms. The fraction of sp³-hybridized carbons (Fsp3) is 0.360. The Balaban J connectivity index is 1.89. The minimum atomic E-state index is -0.387. The molecule has 2 aromatic carbocycles. The second-order valence-electron chi connectivity index (χ2n) is 8.80. The van der Waals surface area contributed by atoms with E-state index in [4.69, 9.17) is 0 Å². The van der Waals surface area contributed by atoms with Gasteiger partial charge in [0.25, 0.3) is 5.91 Å². The van der Waals surface area contributed by atoms with Gasteiger partial charge in [0, 0.05) is 24.0 Å². The summed E-state index contributed by atoms with van der Waals surface area (Å²) in [6.45, 7) is 10.7. The maximum absolute atomic E-state index is 12.7. The standard InChI is InChI=1S/C25H29N3O/c1-16-9-17(2)11-21(10-16)27-24(29)20(15-26)12-19-7-8-23-22(13-19)18(3)14-25(4,5)28(23)6/h7-13,18H,14H2,1-6H3,(H,27,29)/b20-12-. The largest absolute Gasteiger partial charge is 0.369 e. The molecule has 1 aliphatic heterocycles. The summed E-state index contributed by atoms with van der Waals surface area (Å²) < 4.78 is 0. The molecule has 0 saturated carbocycles. The highest BCUT2D eigenvalue weighted by molar-refractivity contribution is 6.09. The number of fused-ring (bicyclic) bond motifs is 1. The van der Waals surface area contributed by atoms with Crippen LogP contribution in [0.4, 0.5) is 11.4 Å². The van der Waals surface area contributed by atoms with E-state index in [-0.39, 0.29) is 17.0 Å². The van der Waals surface area contributed by atoms with Gasteiger partial charge in [-0.2, -0.15) is 5.26 Å². The van der Waals surface area contributed by atoms with E-state index in [9.17, 15) is 10.1 Å². The van der Waals surface area contributed by atoms with Gasteiger partial charge >= 0.3 is 0 Å². The van der Waals surface area contributed by atoms with Crippen molar-refractivity contribution in [1.29, 1.82) is 5.26 Å². The number of hydrogen-bond donors (Lipinski definition) is 1. The summed E-state index contributed by atoms with van der Waals surface area (Å²) in [6.07, 6.45) is 2.73. The lowest BCUT2D eigenvalue weighted by Gasteiger charge is -2.45. The molecule has 1 N–H and O–H groups in total. The number of nitrogens with one attached hydrogen (secondary N) is 1. The second-order valence-corrected chi connectivity index (χ2v) is 8.80. The molecule has 150 valence electrons. The first-order chi connectivity index (χ1) is 13.6. The number of anilines is 2. The summed E-state index contributed by atoms with van der Waals surface area (Å²) in [4.78, 5) is 15.0. The number of benzene rings is 2. The molecule has 0 radical (unpaired) electrons. The van der Waals surface area contributed by atoms with Crippen LogP contribution in [0.25, 0.3) is 6.08 Å². The average molecular weight is 388 g/mol. The van der Waals surface area contributed by atoms with Crippen molar-refractivity contribution < 1.29 is 4.79 Å². The Labute approximate surface area is 173 Å². The van der Waals surface area contributed by atoms with Crippen LogP contribution < -0.4 is 10.2 Å². The molecule has 0 spiro atoms. The molecule has 1 unspecified atom stereocenters. The molecule has 4 nitrogen and oxygen atoms in total. The van der Waals surface area contributed by atoms with Crippen molar-refractivity contribution >= 4 is 23.4 Å². The van der Waals surface area contributed by atoms with Gasteiger partial charge in [-0.05, 0) is 92.6 Å². The van der Waals surface area contributed by atoms with Crippen molar-refractivity contribution in [1.82, 2.24) is 0 Å². The molecule has 1 aliphatic rings. The molecule has 1 heterocycles. The van der Waals surface area contributed by atoms with Gasteiger partial charge in [0.05, 0.1) is 0 Å². The third-order valence-electron chi connectivity index (χ3n) is 5.81. The summed E-state index contributed by atoms with van der Waals surface area (Å²) in [5.74, 6) is 0.0284. The maximum atomic E-state index is 12.7. The molecular formula is C25H29N3O. The van der Waals surface area contributed by atoms with Crippen LogP contribution >= 0.6 is 0 Å². The first kappa shape index (κ1) is 20.7. The van der Waals surface area contributed by atoms with Gasteiger partial charge in [-0.15, -0.1) is 0 Å². The lowest BCUT2D eigenvalue weighted by Crippen LogP contribution is -2.45. The van der Waals surface area contributed by atoms with Gasteiger partial charge in [0.1, 0.15) is 11.6 Å². The van der Waals surface area contributed by atoms with E-state index < -0.39 is 0 Å². The summed E-state index contributed by atoms with van der Waals surface area (Å²) in [5, 5.41) is 12.4. The molecule has 1 atom stereocenters. The smallest absolute Gasteiger partial charge is 0.266 e. The van der Waals surface area contributed by atoms with Gasteiger partial charge in [0.2, 0.25) is 0 Å². The number of carbonyl (C=O) groups excluding carboxylic acids is 1. The van der Waals surface area contributed by atoms with Crippen LogP contribution in [-0.4, -0.2) is 18.5 Å². The van der Waals surface area contributed by atoms with E-state index in [2.05, 4.69) is 56.2 Å². The zero-order chi connectivity index (χ0) is 21.3. The monoisotopic (exact) mass is 387 g/mol. The molecule has 0 saturated heterocycles. The Bertz CT molecular complexity index is 1010. The van der Waals surface area contributed by atoms with Crippen molar-refractivity contribution in [2.45, 2.75) is 52.5 Å². The fourth-order valence-electron chi connectivity index (χ4n) is 4.25. The van der Waals surface area contributed by atoms with E-state index in [1.54, 1.807) is 6.08 Å². The van der Waals surface area contributed by atoms with E-state index in [1.165, 1.54) is 11.3 Å². The highest BCUT2D eigenvalue weighted by Gasteiger charge is 2.33. The third kappa shape index (κ3) is 4.35. The molecule has 0 fully saturated rings. The van der Waals surface area contributed by atoms with E-state index >= 15 is 0 Å². The molecule has 1 amide bonds. The SMILES string of the molecule is Cc1cc(C)cc(NC(=O)/C(C#N)=C\c2ccc3c(c2)C(C)CC(C)(C)N3C)c1. The molecule has 0 aliphatic carbocycles. The van der Waals surface area contributed by atoms with E-state index in [1.807, 2.05) is 38.1 Å². The van der Waals surface area contributed by atoms with Gasteiger partial charge in [0.15, 0.2) is 0 Å². The van der Waals surface area contributed by atoms with Gasteiger partial charge in [-0.3, -0.25) is 4.79 Å². The van der Waals surface area contributed by atoms with Gasteiger partial charge < -0.3 is 10.2 Å². The second kappa shape index (κ2) is 7.75. The van der Waals surface area contributed by atoms with Crippen molar-refractivity contribution in [3.63, 3.8) is 0 Å². The molecule has 3 rings (SSSR count). The molecular weight excluding hydrogens is 358 g/mol. The first-order valence-electron chi connectivity index (χ1n) is 10.00. The van der Waals surface area contributed by atoms with Crippen LogP contribution in [0.1, 0.15) is 55.4 Å². The fourth-order valence-corrected chi connectivity index (χ4v) is 4.25. The lowest BCUT2D eigenvalue weighted by atomic mass is 9.80. The molecule has 2 aromatic rings. The first-order valence-corrected chi connectivity index (χ1v) is 10.00. The van der Waals surface area contributed by atoms with Crippen molar-refractivity contribution in [2.24, 2.45) is 0 Å². The number of nitriles is 1. The van der Waals surface area contributed by atoms with Gasteiger partial charge in [-0.1, -0.05) is 19.1 Å². The summed E-state index contributed by atoms with van der Waals surface area (Å²) >= 11 is 0. The zero-order valence-corrected chi connectivity index (χ0v) is 18.1. The topological polar surface area (TPSA) is 56.1 Å². The van der Waals surface area contributed by atoms with Crippen molar-refractivity contribution in [3.8, 4) is 6.07 Å². The van der Waals surface area contributed by atoms with Gasteiger partial charge in [-0.25, -0.2) is 0 Å². The predicted octanol–water partition coefficient (Wildman–Crippen LogP) is 5.57. The minimum Gasteiger partial charge on any atom is -0.369 e. The van der Waals surface area contributed by atoms with Crippen molar-refractivity contribution in [3.05, 3.63) is 64.2 Å². The van der Waals surface area contributed by atoms with Crippen LogP contribution in [0.3, 0.4) is 0 Å². The predicted molar refractivity (Wildman–Crippen MR) is 120 cm³/mol. The minimum absolute atomic E-state index is 0.0984. The Morgan fingerprint density at radius 3 is 2.48 bits per heavy atom. The average Bonchev–Trinajstić information content (AvgIpc) is 2.63. The normalized spacial score (nSPS) is 18.0. The Hall–Kier alpha value is -3.06. The number of carbonyl (C=O) groups is 1. The van der Waals surface area contributed by atoms with Crippen LogP contribution in [-0.2, 0) is 4.79 Å². The number of rotatable bonds is 3. The van der Waals surface area contributed by atoms with Crippen LogP contribution in [0.2, 0.25) is 0 Å². The summed E-state index contributed by atoms with van der Waals surface area (Å²) in [7, 11) is 2.12. The highest BCUT2D eigenvalue weighted by atomic mass is 16.1. The number of amides is 1. The maximum Gasteiger partial charge on any atom is 0.266 e. The Morgan fingerprint density at radius 1 is 1.21 bits per heavy atom. The van der Waals surface area contributed by atoms with Crippen molar-refractivity contribution in [2.75, 3.05) is 17.3 Å². The summed E-state index contributed by atoms with van der Waals surface area (Å²) in [5.41, 5.74) is 6.38. The van der Waals surface area contributed by atoms with E-state index in [0.29, 0.717) is 11.6 Å². The van der Waals surface area contributed by atoms with Crippen LogP contribution in [0.5, 0.6) is 0 Å². The number of hydrogen-bond acceptors (Lipinski definition) is 3. The zero-order valence-electron chi connectivity index (χ0n) is 18.1. The quantitative estimate of drug-likeness (QED) is 0.553. The number of aryl methyl sites for hydroxylation is 2. The molecule has 0 aromatic heterocycles. The molecule has 4 heteroatoms. The lowest BCUT2D eigenvalue weighted by molar-refractivity contribution is -0.112. The summed E-state index contributed by atoms with van der Waals surface area (Å²) in [6, 6.07) is 14.1. The highest BCUT2D eigenvalue weighted by Crippen LogP contribution is 2.42.